The number of carbonyl (C=O) groups excluding carboxylic acids is 2. The Morgan fingerprint density at radius 2 is 1.42 bits per heavy atom. The standard InChI is InChI=1S/C25H26N4O2/c30-24(16-15-21-10-9-17-26-20-21)27-18-7-8-19-28-25(31)29(22-11-3-1-4-12-22)23-13-5-2-6-14-23/h1-6,9-17,20H,7-8,18-19H2,(H,27,30)(H,28,31)/b16-15-. The van der Waals surface area contributed by atoms with Crippen LogP contribution in [-0.4, -0.2) is 30.0 Å². The fourth-order valence-corrected chi connectivity index (χ4v) is 2.98. The predicted molar refractivity (Wildman–Crippen MR) is 124 cm³/mol. The Labute approximate surface area is 182 Å². The van der Waals surface area contributed by atoms with E-state index in [4.69, 9.17) is 0 Å². The molecule has 0 aliphatic carbocycles. The molecule has 0 radical (unpaired) electrons. The molecule has 6 nitrogen and oxygen atoms in total. The minimum absolute atomic E-state index is 0.146. The van der Waals surface area contributed by atoms with Crippen molar-refractivity contribution in [2.75, 3.05) is 18.0 Å². The first-order valence-corrected chi connectivity index (χ1v) is 10.3. The third kappa shape index (κ3) is 7.12. The molecule has 3 rings (SSSR count). The number of pyridine rings is 1. The van der Waals surface area contributed by atoms with Crippen LogP contribution in [0.3, 0.4) is 0 Å². The maximum absolute atomic E-state index is 12.8. The SMILES string of the molecule is O=C(/C=C\c1cccnc1)NCCCCNC(=O)N(c1ccccc1)c1ccccc1. The summed E-state index contributed by atoms with van der Waals surface area (Å²) in [6, 6.07) is 22.6. The highest BCUT2D eigenvalue weighted by molar-refractivity contribution is 5.99. The van der Waals surface area contributed by atoms with Crippen LogP contribution in [0.25, 0.3) is 6.08 Å². The highest BCUT2D eigenvalue weighted by Gasteiger charge is 2.16. The number of urea groups is 1. The van der Waals surface area contributed by atoms with Gasteiger partial charge in [0.15, 0.2) is 0 Å². The quantitative estimate of drug-likeness (QED) is 0.399. The van der Waals surface area contributed by atoms with Crippen molar-refractivity contribution >= 4 is 29.4 Å². The van der Waals surface area contributed by atoms with Crippen molar-refractivity contribution in [1.29, 1.82) is 0 Å². The number of para-hydroxylation sites is 2. The number of carbonyl (C=O) groups is 2. The van der Waals surface area contributed by atoms with Crippen molar-refractivity contribution in [2.45, 2.75) is 12.8 Å². The molecule has 0 atom stereocenters. The predicted octanol–water partition coefficient (Wildman–Crippen LogP) is 4.54. The van der Waals surface area contributed by atoms with Crippen molar-refractivity contribution in [3.05, 3.63) is 96.8 Å². The lowest BCUT2D eigenvalue weighted by atomic mass is 10.2. The van der Waals surface area contributed by atoms with Crippen molar-refractivity contribution in [3.8, 4) is 0 Å². The number of unbranched alkanes of at least 4 members (excludes halogenated alkanes) is 1. The molecule has 1 aromatic heterocycles. The summed E-state index contributed by atoms with van der Waals surface area (Å²) in [6.45, 7) is 1.07. The minimum atomic E-state index is -0.180. The normalized spacial score (nSPS) is 10.6. The smallest absolute Gasteiger partial charge is 0.326 e. The van der Waals surface area contributed by atoms with E-state index in [0.29, 0.717) is 13.1 Å². The van der Waals surface area contributed by atoms with Gasteiger partial charge in [-0.25, -0.2) is 4.79 Å². The largest absolute Gasteiger partial charge is 0.353 e. The van der Waals surface area contributed by atoms with Crippen LogP contribution in [0.15, 0.2) is 91.3 Å². The van der Waals surface area contributed by atoms with Gasteiger partial charge in [-0.2, -0.15) is 0 Å². The molecule has 0 fully saturated rings. The molecule has 31 heavy (non-hydrogen) atoms. The summed E-state index contributed by atoms with van der Waals surface area (Å²) in [4.78, 5) is 30.4. The van der Waals surface area contributed by atoms with E-state index in [2.05, 4.69) is 15.6 Å². The lowest BCUT2D eigenvalue weighted by molar-refractivity contribution is -0.116. The fraction of sp³-hybridized carbons (Fsp3) is 0.160. The van der Waals surface area contributed by atoms with Crippen LogP contribution in [-0.2, 0) is 4.79 Å². The van der Waals surface area contributed by atoms with Crippen LogP contribution >= 0.6 is 0 Å². The van der Waals surface area contributed by atoms with Gasteiger partial charge in [-0.15, -0.1) is 0 Å². The fourth-order valence-electron chi connectivity index (χ4n) is 2.98. The molecule has 3 amide bonds. The van der Waals surface area contributed by atoms with Gasteiger partial charge in [0.1, 0.15) is 0 Å². The second-order valence-electron chi connectivity index (χ2n) is 6.86. The van der Waals surface area contributed by atoms with Gasteiger partial charge in [0.2, 0.25) is 5.91 Å². The zero-order chi connectivity index (χ0) is 21.7. The first kappa shape index (κ1) is 21.8. The Hall–Kier alpha value is -3.93. The van der Waals surface area contributed by atoms with Gasteiger partial charge >= 0.3 is 6.03 Å². The van der Waals surface area contributed by atoms with E-state index in [1.54, 1.807) is 23.4 Å². The van der Waals surface area contributed by atoms with Gasteiger partial charge in [0, 0.05) is 31.6 Å². The minimum Gasteiger partial charge on any atom is -0.353 e. The number of rotatable bonds is 9. The number of hydrogen-bond acceptors (Lipinski definition) is 3. The van der Waals surface area contributed by atoms with E-state index in [-0.39, 0.29) is 11.9 Å². The van der Waals surface area contributed by atoms with Gasteiger partial charge in [0.05, 0.1) is 11.4 Å². The molecule has 2 aromatic carbocycles. The molecular weight excluding hydrogens is 388 g/mol. The van der Waals surface area contributed by atoms with Crippen LogP contribution in [0, 0.1) is 0 Å². The molecule has 3 aromatic rings. The molecule has 2 N–H and O–H groups in total. The summed E-state index contributed by atoms with van der Waals surface area (Å²) < 4.78 is 0. The van der Waals surface area contributed by atoms with E-state index in [1.807, 2.05) is 72.8 Å². The summed E-state index contributed by atoms with van der Waals surface area (Å²) in [7, 11) is 0. The Morgan fingerprint density at radius 1 is 0.806 bits per heavy atom. The molecule has 0 aliphatic heterocycles. The van der Waals surface area contributed by atoms with Crippen LogP contribution in [0.2, 0.25) is 0 Å². The third-order valence-corrected chi connectivity index (χ3v) is 4.52. The summed E-state index contributed by atoms with van der Waals surface area (Å²) >= 11 is 0. The highest BCUT2D eigenvalue weighted by Crippen LogP contribution is 2.24. The molecule has 0 bridgehead atoms. The number of aromatic nitrogens is 1. The number of nitrogens with one attached hydrogen (secondary N) is 2. The Balaban J connectivity index is 1.41. The summed E-state index contributed by atoms with van der Waals surface area (Å²) in [5.41, 5.74) is 2.49. The molecule has 0 saturated carbocycles. The monoisotopic (exact) mass is 414 g/mol. The number of amides is 3. The molecule has 1 heterocycles. The first-order valence-electron chi connectivity index (χ1n) is 10.3. The van der Waals surface area contributed by atoms with Crippen molar-refractivity contribution in [3.63, 3.8) is 0 Å². The van der Waals surface area contributed by atoms with Gasteiger partial charge in [-0.3, -0.25) is 14.7 Å². The van der Waals surface area contributed by atoms with Crippen LogP contribution in [0.1, 0.15) is 18.4 Å². The Morgan fingerprint density at radius 3 is 2.00 bits per heavy atom. The molecular formula is C25H26N4O2. The molecule has 0 unspecified atom stereocenters. The Kier molecular flexibility index (Phi) is 8.37. The number of benzene rings is 2. The number of anilines is 2. The zero-order valence-corrected chi connectivity index (χ0v) is 17.3. The lowest BCUT2D eigenvalue weighted by Gasteiger charge is -2.23. The second kappa shape index (κ2) is 11.9. The topological polar surface area (TPSA) is 74.3 Å². The molecule has 0 aliphatic rings. The van der Waals surface area contributed by atoms with E-state index >= 15 is 0 Å². The van der Waals surface area contributed by atoms with Gasteiger partial charge in [-0.1, -0.05) is 42.5 Å². The van der Waals surface area contributed by atoms with Crippen LogP contribution in [0.4, 0.5) is 16.2 Å². The van der Waals surface area contributed by atoms with Crippen LogP contribution in [0.5, 0.6) is 0 Å². The van der Waals surface area contributed by atoms with E-state index in [9.17, 15) is 9.59 Å². The molecule has 0 saturated heterocycles. The number of hydrogen-bond donors (Lipinski definition) is 2. The maximum atomic E-state index is 12.8. The van der Waals surface area contributed by atoms with E-state index in [1.165, 1.54) is 6.08 Å². The summed E-state index contributed by atoms with van der Waals surface area (Å²) in [5.74, 6) is -0.146. The van der Waals surface area contributed by atoms with Crippen molar-refractivity contribution in [2.24, 2.45) is 0 Å². The van der Waals surface area contributed by atoms with E-state index < -0.39 is 0 Å². The molecule has 158 valence electrons. The molecule has 0 spiro atoms. The Bertz CT molecular complexity index is 937. The van der Waals surface area contributed by atoms with E-state index in [0.717, 1.165) is 29.8 Å². The summed E-state index contributed by atoms with van der Waals surface area (Å²) in [5, 5.41) is 5.81. The first-order chi connectivity index (χ1) is 15.2. The average molecular weight is 415 g/mol. The van der Waals surface area contributed by atoms with Gasteiger partial charge < -0.3 is 10.6 Å². The zero-order valence-electron chi connectivity index (χ0n) is 17.3. The van der Waals surface area contributed by atoms with Crippen molar-refractivity contribution < 1.29 is 9.59 Å². The third-order valence-electron chi connectivity index (χ3n) is 4.52. The lowest BCUT2D eigenvalue weighted by Crippen LogP contribution is -2.37. The maximum Gasteiger partial charge on any atom is 0.326 e. The summed E-state index contributed by atoms with van der Waals surface area (Å²) in [6.07, 6.45) is 8.13. The highest BCUT2D eigenvalue weighted by atomic mass is 16.2. The number of nitrogens with zero attached hydrogens (tertiary/aromatic N) is 2. The second-order valence-corrected chi connectivity index (χ2v) is 6.86. The van der Waals surface area contributed by atoms with Gasteiger partial charge in [-0.05, 0) is 54.8 Å². The van der Waals surface area contributed by atoms with Gasteiger partial charge in [0.25, 0.3) is 0 Å². The van der Waals surface area contributed by atoms with Crippen molar-refractivity contribution in [1.82, 2.24) is 15.6 Å². The van der Waals surface area contributed by atoms with Crippen LogP contribution < -0.4 is 15.5 Å². The molecule has 6 heteroatoms. The average Bonchev–Trinajstić information content (AvgIpc) is 2.82.